The van der Waals surface area contributed by atoms with Gasteiger partial charge in [0.1, 0.15) is 5.82 Å². The second-order valence-corrected chi connectivity index (χ2v) is 9.28. The number of fused-ring (bicyclic) bond motifs is 1. The molecule has 2 heterocycles. The van der Waals surface area contributed by atoms with Gasteiger partial charge in [-0.15, -0.1) is 0 Å². The van der Waals surface area contributed by atoms with E-state index in [0.717, 1.165) is 0 Å². The van der Waals surface area contributed by atoms with E-state index in [1.807, 2.05) is 0 Å². The highest BCUT2D eigenvalue weighted by Crippen LogP contribution is 2.28. The fraction of sp³-hybridized carbons (Fsp3) is 0.190. The third kappa shape index (κ3) is 4.82. The monoisotopic (exact) mass is 473 g/mol. The van der Waals surface area contributed by atoms with Crippen LogP contribution in [0.2, 0.25) is 5.02 Å². The maximum atomic E-state index is 12.6. The van der Waals surface area contributed by atoms with Crippen LogP contribution in [0.1, 0.15) is 5.56 Å². The Morgan fingerprint density at radius 1 is 1.22 bits per heavy atom. The molecule has 0 saturated carbocycles. The summed E-state index contributed by atoms with van der Waals surface area (Å²) in [5.74, 6) is 0.0258. The van der Waals surface area contributed by atoms with Gasteiger partial charge >= 0.3 is 0 Å². The van der Waals surface area contributed by atoms with Gasteiger partial charge in [0.05, 0.1) is 23.4 Å². The van der Waals surface area contributed by atoms with E-state index in [0.29, 0.717) is 40.4 Å². The zero-order valence-corrected chi connectivity index (χ0v) is 18.4. The lowest BCUT2D eigenvalue weighted by molar-refractivity contribution is -0.120. The third-order valence-electron chi connectivity index (χ3n) is 5.02. The number of nitrogens with two attached hydrogens (primary N) is 1. The number of carbonyl (C=O) groups is 2. The van der Waals surface area contributed by atoms with Crippen LogP contribution in [0.4, 0.5) is 11.5 Å². The van der Waals surface area contributed by atoms with E-state index in [2.05, 4.69) is 15.6 Å². The number of pyridine rings is 1. The van der Waals surface area contributed by atoms with Crippen LogP contribution in [-0.2, 0) is 26.0 Å². The number of nitrogens with one attached hydrogen (secondary N) is 2. The van der Waals surface area contributed by atoms with Crippen LogP contribution < -0.4 is 20.7 Å². The molecule has 1 fully saturated rings. The summed E-state index contributed by atoms with van der Waals surface area (Å²) in [5.41, 5.74) is 1.20. The first-order chi connectivity index (χ1) is 15.2. The summed E-state index contributed by atoms with van der Waals surface area (Å²) in [7, 11) is -4.09. The van der Waals surface area contributed by atoms with Crippen molar-refractivity contribution in [2.45, 2.75) is 11.3 Å². The molecule has 0 spiro atoms. The molecule has 2 aromatic carbocycles. The summed E-state index contributed by atoms with van der Waals surface area (Å²) < 4.78 is 24.4. The smallest absolute Gasteiger partial charge is 0.239 e. The predicted molar refractivity (Wildman–Crippen MR) is 122 cm³/mol. The Kier molecular flexibility index (Phi) is 6.00. The Morgan fingerprint density at radius 3 is 2.72 bits per heavy atom. The number of rotatable bonds is 5. The van der Waals surface area contributed by atoms with Crippen molar-refractivity contribution in [1.82, 2.24) is 10.3 Å². The number of hydrogen-bond donors (Lipinski definition) is 3. The fourth-order valence-electron chi connectivity index (χ4n) is 3.53. The standard InChI is InChI=1S/C21H20ClN5O4S/c22-16-4-2-1-3-13(16)9-20(28)25-14-10-17-15(18(11-14)32(23,30)31)5-6-19(26-17)27-8-7-24-21(29)12-27/h1-6,10-11H,7-9,12H2,(H,24,29)(H,25,28)(H2,23,30,31). The van der Waals surface area contributed by atoms with E-state index in [1.165, 1.54) is 6.07 Å². The summed E-state index contributed by atoms with van der Waals surface area (Å²) in [6.45, 7) is 1.20. The molecule has 1 aliphatic rings. The van der Waals surface area contributed by atoms with Crippen molar-refractivity contribution in [3.63, 3.8) is 0 Å². The molecule has 9 nitrogen and oxygen atoms in total. The van der Waals surface area contributed by atoms with Crippen molar-refractivity contribution in [3.05, 3.63) is 59.1 Å². The Labute approximate surface area is 189 Å². The predicted octanol–water partition coefficient (Wildman–Crippen LogP) is 1.65. The molecule has 1 aliphatic heterocycles. The van der Waals surface area contributed by atoms with Crippen LogP contribution >= 0.6 is 11.6 Å². The van der Waals surface area contributed by atoms with E-state index in [1.54, 1.807) is 47.4 Å². The van der Waals surface area contributed by atoms with Crippen molar-refractivity contribution >= 4 is 55.8 Å². The first-order valence-corrected chi connectivity index (χ1v) is 11.7. The van der Waals surface area contributed by atoms with Gasteiger partial charge in [-0.2, -0.15) is 0 Å². The number of halogens is 1. The van der Waals surface area contributed by atoms with Gasteiger partial charge in [0.25, 0.3) is 0 Å². The molecule has 11 heteroatoms. The second-order valence-electron chi connectivity index (χ2n) is 7.34. The number of nitrogens with zero attached hydrogens (tertiary/aromatic N) is 2. The van der Waals surface area contributed by atoms with E-state index in [9.17, 15) is 18.0 Å². The lowest BCUT2D eigenvalue weighted by atomic mass is 10.1. The summed E-state index contributed by atoms with van der Waals surface area (Å²) >= 11 is 6.12. The Bertz CT molecular complexity index is 1330. The van der Waals surface area contributed by atoms with Crippen LogP contribution in [0.3, 0.4) is 0 Å². The van der Waals surface area contributed by atoms with Gasteiger partial charge < -0.3 is 15.5 Å². The molecule has 3 aromatic rings. The molecule has 0 bridgehead atoms. The molecule has 2 amide bonds. The van der Waals surface area contributed by atoms with Crippen LogP contribution in [-0.4, -0.2) is 44.9 Å². The first kappa shape index (κ1) is 22.0. The Balaban J connectivity index is 1.69. The number of sulfonamides is 1. The maximum Gasteiger partial charge on any atom is 0.239 e. The van der Waals surface area contributed by atoms with Crippen LogP contribution in [0, 0.1) is 0 Å². The van der Waals surface area contributed by atoms with Crippen molar-refractivity contribution in [1.29, 1.82) is 0 Å². The third-order valence-corrected chi connectivity index (χ3v) is 6.34. The molecule has 1 aromatic heterocycles. The molecule has 0 atom stereocenters. The average Bonchev–Trinajstić information content (AvgIpc) is 2.73. The highest BCUT2D eigenvalue weighted by atomic mass is 35.5. The van der Waals surface area contributed by atoms with Gasteiger partial charge in [-0.3, -0.25) is 9.59 Å². The first-order valence-electron chi connectivity index (χ1n) is 9.73. The molecular weight excluding hydrogens is 454 g/mol. The van der Waals surface area contributed by atoms with Crippen molar-refractivity contribution in [2.75, 3.05) is 29.9 Å². The fourth-order valence-corrected chi connectivity index (χ4v) is 4.50. The molecule has 1 saturated heterocycles. The van der Waals surface area contributed by atoms with Crippen molar-refractivity contribution < 1.29 is 18.0 Å². The topological polar surface area (TPSA) is 134 Å². The summed E-state index contributed by atoms with van der Waals surface area (Å²) in [5, 5.41) is 11.6. The Hall–Kier alpha value is -3.21. The van der Waals surface area contributed by atoms with Gasteiger partial charge in [-0.05, 0) is 35.9 Å². The molecular formula is C21H20ClN5O4S. The molecule has 0 radical (unpaired) electrons. The van der Waals surface area contributed by atoms with Crippen LogP contribution in [0.15, 0.2) is 53.4 Å². The molecule has 32 heavy (non-hydrogen) atoms. The number of anilines is 2. The number of piperazine rings is 1. The second kappa shape index (κ2) is 8.73. The zero-order chi connectivity index (χ0) is 22.9. The number of amides is 2. The molecule has 4 rings (SSSR count). The number of hydrogen-bond acceptors (Lipinski definition) is 6. The summed E-state index contributed by atoms with van der Waals surface area (Å²) in [6.07, 6.45) is 0.0127. The molecule has 0 aliphatic carbocycles. The van der Waals surface area contributed by atoms with Gasteiger partial charge in [-0.25, -0.2) is 18.5 Å². The van der Waals surface area contributed by atoms with Crippen LogP contribution in [0.5, 0.6) is 0 Å². The van der Waals surface area contributed by atoms with Gasteiger partial charge in [0.15, 0.2) is 0 Å². The number of aromatic nitrogens is 1. The van der Waals surface area contributed by atoms with Crippen molar-refractivity contribution in [3.8, 4) is 0 Å². The average molecular weight is 474 g/mol. The summed E-state index contributed by atoms with van der Waals surface area (Å²) in [4.78, 5) is 30.4. The zero-order valence-electron chi connectivity index (χ0n) is 16.8. The SMILES string of the molecule is NS(=O)(=O)c1cc(NC(=O)Cc2ccccc2Cl)cc2nc(N3CCNC(=O)C3)ccc12. The number of benzene rings is 2. The lowest BCUT2D eigenvalue weighted by Crippen LogP contribution is -2.48. The molecule has 166 valence electrons. The van der Waals surface area contributed by atoms with E-state index >= 15 is 0 Å². The maximum absolute atomic E-state index is 12.6. The minimum Gasteiger partial charge on any atom is -0.353 e. The Morgan fingerprint density at radius 2 is 2.00 bits per heavy atom. The van der Waals surface area contributed by atoms with Gasteiger partial charge in [0.2, 0.25) is 21.8 Å². The van der Waals surface area contributed by atoms with E-state index in [4.69, 9.17) is 16.7 Å². The largest absolute Gasteiger partial charge is 0.353 e. The van der Waals surface area contributed by atoms with E-state index < -0.39 is 10.0 Å². The highest BCUT2D eigenvalue weighted by molar-refractivity contribution is 7.89. The van der Waals surface area contributed by atoms with Crippen LogP contribution in [0.25, 0.3) is 10.9 Å². The summed E-state index contributed by atoms with van der Waals surface area (Å²) in [6, 6.07) is 13.1. The number of carbonyl (C=O) groups excluding carboxylic acids is 2. The lowest BCUT2D eigenvalue weighted by Gasteiger charge is -2.27. The minimum absolute atomic E-state index is 0.0127. The highest BCUT2D eigenvalue weighted by Gasteiger charge is 2.20. The van der Waals surface area contributed by atoms with Crippen molar-refractivity contribution in [2.24, 2.45) is 5.14 Å². The van der Waals surface area contributed by atoms with Gasteiger partial charge in [0, 0.05) is 29.2 Å². The van der Waals surface area contributed by atoms with E-state index in [-0.39, 0.29) is 35.4 Å². The quantitative estimate of drug-likeness (QED) is 0.515. The molecule has 0 unspecified atom stereocenters. The van der Waals surface area contributed by atoms with Gasteiger partial charge in [-0.1, -0.05) is 29.8 Å². The molecule has 4 N–H and O–H groups in total. The minimum atomic E-state index is -4.09. The normalized spacial score (nSPS) is 14.3. The number of primary sulfonamides is 1.